The van der Waals surface area contributed by atoms with Gasteiger partial charge in [-0.15, -0.1) is 0 Å². The Balaban J connectivity index is 0.000000640. The Morgan fingerprint density at radius 3 is 2.04 bits per heavy atom. The van der Waals surface area contributed by atoms with Gasteiger partial charge in [0, 0.05) is 5.75 Å². The van der Waals surface area contributed by atoms with Crippen molar-refractivity contribution in [1.29, 1.82) is 0 Å². The maximum absolute atomic E-state index is 11.6. The number of rotatable bonds is 6. The van der Waals surface area contributed by atoms with Crippen LogP contribution in [0.15, 0.2) is 30.3 Å². The van der Waals surface area contributed by atoms with Crippen molar-refractivity contribution >= 4 is 28.8 Å². The Hall–Kier alpha value is -2.07. The summed E-state index contributed by atoms with van der Waals surface area (Å²) in [5, 5.41) is 15.4. The number of benzene rings is 1. The Bertz CT molecular complexity index is 551. The molecule has 1 rings (SSSR count). The minimum absolute atomic E-state index is 0.0194. The van der Waals surface area contributed by atoms with Gasteiger partial charge in [0.05, 0.1) is 12.5 Å². The number of carbonyl (C=O) groups is 3. The Labute approximate surface area is 139 Å². The first kappa shape index (κ1) is 21.9. The number of hydrogen-bond donors (Lipinski definition) is 3. The second kappa shape index (κ2) is 10.7. The van der Waals surface area contributed by atoms with E-state index in [4.69, 9.17) is 20.7 Å². The summed E-state index contributed by atoms with van der Waals surface area (Å²) in [5.74, 6) is -3.38. The summed E-state index contributed by atoms with van der Waals surface area (Å²) in [6.07, 6.45) is -4.62. The highest BCUT2D eigenvalue weighted by Gasteiger charge is 2.38. The lowest BCUT2D eigenvalue weighted by atomic mass is 10.1. The van der Waals surface area contributed by atoms with E-state index in [9.17, 15) is 22.8 Å². The smallest absolute Gasteiger partial charge is 0.481 e. The van der Waals surface area contributed by atoms with E-state index < -0.39 is 24.2 Å². The van der Waals surface area contributed by atoms with Crippen molar-refractivity contribution in [3.63, 3.8) is 0 Å². The van der Waals surface area contributed by atoms with Crippen molar-refractivity contribution in [2.24, 2.45) is 5.73 Å². The Kier molecular flexibility index (Phi) is 9.74. The number of carbonyl (C=O) groups excluding carboxylic acids is 1. The van der Waals surface area contributed by atoms with Crippen molar-refractivity contribution in [2.45, 2.75) is 25.1 Å². The Morgan fingerprint density at radius 1 is 1.12 bits per heavy atom. The molecule has 24 heavy (non-hydrogen) atoms. The highest BCUT2D eigenvalue weighted by molar-refractivity contribution is 8.13. The maximum atomic E-state index is 11.6. The van der Waals surface area contributed by atoms with Gasteiger partial charge in [0.25, 0.3) is 0 Å². The molecule has 134 valence electrons. The first-order chi connectivity index (χ1) is 11.0. The molecule has 0 bridgehead atoms. The molecule has 1 aromatic carbocycles. The molecule has 0 aromatic heterocycles. The van der Waals surface area contributed by atoms with Gasteiger partial charge >= 0.3 is 18.1 Å². The third kappa shape index (κ3) is 10.6. The fraction of sp³-hybridized carbons (Fsp3) is 0.357. The van der Waals surface area contributed by atoms with E-state index in [1.54, 1.807) is 0 Å². The molecule has 0 amide bonds. The molecule has 6 nitrogen and oxygen atoms in total. The first-order valence-corrected chi connectivity index (χ1v) is 7.50. The summed E-state index contributed by atoms with van der Waals surface area (Å²) >= 11 is 0.987. The van der Waals surface area contributed by atoms with Gasteiger partial charge in [-0.1, -0.05) is 42.1 Å². The summed E-state index contributed by atoms with van der Waals surface area (Å²) in [7, 11) is 0. The number of carboxylic acid groups (broad SMARTS) is 2. The van der Waals surface area contributed by atoms with E-state index in [2.05, 4.69) is 0 Å². The number of carboxylic acids is 2. The molecule has 0 heterocycles. The lowest BCUT2D eigenvalue weighted by molar-refractivity contribution is -0.192. The van der Waals surface area contributed by atoms with Crippen molar-refractivity contribution in [1.82, 2.24) is 0 Å². The van der Waals surface area contributed by atoms with Crippen LogP contribution < -0.4 is 5.73 Å². The molecule has 10 heteroatoms. The summed E-state index contributed by atoms with van der Waals surface area (Å²) in [4.78, 5) is 30.8. The van der Waals surface area contributed by atoms with Crippen molar-refractivity contribution < 1.29 is 37.8 Å². The Morgan fingerprint density at radius 2 is 1.62 bits per heavy atom. The van der Waals surface area contributed by atoms with Gasteiger partial charge in [-0.3, -0.25) is 9.59 Å². The fourth-order valence-electron chi connectivity index (χ4n) is 1.30. The van der Waals surface area contributed by atoms with Crippen LogP contribution in [0.1, 0.15) is 12.0 Å². The number of thioether (sulfide) groups is 1. The average Bonchev–Trinajstić information content (AvgIpc) is 2.47. The molecule has 0 aliphatic heterocycles. The van der Waals surface area contributed by atoms with E-state index in [0.717, 1.165) is 17.3 Å². The predicted molar refractivity (Wildman–Crippen MR) is 81.5 cm³/mol. The van der Waals surface area contributed by atoms with Gasteiger partial charge in [0.15, 0.2) is 0 Å². The van der Waals surface area contributed by atoms with Crippen molar-refractivity contribution in [3.05, 3.63) is 35.9 Å². The fourth-order valence-corrected chi connectivity index (χ4v) is 2.07. The molecular weight excluding hydrogens is 351 g/mol. The van der Waals surface area contributed by atoms with Crippen LogP contribution >= 0.6 is 11.8 Å². The molecule has 0 unspecified atom stereocenters. The van der Waals surface area contributed by atoms with E-state index >= 15 is 0 Å². The lowest BCUT2D eigenvalue weighted by Crippen LogP contribution is -2.30. The zero-order valence-corrected chi connectivity index (χ0v) is 13.1. The second-order valence-electron chi connectivity index (χ2n) is 4.41. The molecule has 0 spiro atoms. The zero-order valence-electron chi connectivity index (χ0n) is 12.3. The van der Waals surface area contributed by atoms with Crippen LogP contribution in [0.25, 0.3) is 0 Å². The molecule has 4 N–H and O–H groups in total. The molecule has 0 aliphatic carbocycles. The largest absolute Gasteiger partial charge is 0.490 e. The standard InChI is InChI=1S/C12H15NO3S.C2HF3O2/c13-10(8-9-4-2-1-3-5-9)12(16)17-7-6-11(14)15;3-2(4,5)1(6)7/h1-5,10H,6-8,13H2,(H,14,15);(H,6,7)/t10-;/m0./s1. The molecule has 1 aromatic rings. The summed E-state index contributed by atoms with van der Waals surface area (Å²) in [6, 6.07) is 8.94. The summed E-state index contributed by atoms with van der Waals surface area (Å²) in [6.45, 7) is 0. The second-order valence-corrected chi connectivity index (χ2v) is 5.51. The molecule has 1 atom stereocenters. The zero-order chi connectivity index (χ0) is 18.8. The van der Waals surface area contributed by atoms with Gasteiger partial charge in [-0.25, -0.2) is 4.79 Å². The topological polar surface area (TPSA) is 118 Å². The van der Waals surface area contributed by atoms with E-state index in [0.29, 0.717) is 6.42 Å². The number of hydrogen-bond acceptors (Lipinski definition) is 5. The van der Waals surface area contributed by atoms with Gasteiger partial charge in [-0.2, -0.15) is 13.2 Å². The van der Waals surface area contributed by atoms with Crippen LogP contribution in [0.3, 0.4) is 0 Å². The molecule has 0 fully saturated rings. The van der Waals surface area contributed by atoms with Crippen LogP contribution in [-0.2, 0) is 20.8 Å². The van der Waals surface area contributed by atoms with Gasteiger partial charge in [-0.05, 0) is 12.0 Å². The minimum atomic E-state index is -5.08. The SMILES string of the molecule is N[C@@H](Cc1ccccc1)C(=O)SCCC(=O)O.O=C(O)C(F)(F)F. The highest BCUT2D eigenvalue weighted by atomic mass is 32.2. The van der Waals surface area contributed by atoms with Crippen molar-refractivity contribution in [2.75, 3.05) is 5.75 Å². The lowest BCUT2D eigenvalue weighted by Gasteiger charge is -2.09. The minimum Gasteiger partial charge on any atom is -0.481 e. The van der Waals surface area contributed by atoms with Gasteiger partial charge < -0.3 is 15.9 Å². The quantitative estimate of drug-likeness (QED) is 0.703. The van der Waals surface area contributed by atoms with Gasteiger partial charge in [0.2, 0.25) is 5.12 Å². The van der Waals surface area contributed by atoms with Crippen LogP contribution in [-0.4, -0.2) is 45.2 Å². The molecule has 0 aliphatic rings. The number of halogens is 3. The molecule has 0 radical (unpaired) electrons. The molecular formula is C14H16F3NO5S. The van der Waals surface area contributed by atoms with Crippen LogP contribution in [0.4, 0.5) is 13.2 Å². The summed E-state index contributed by atoms with van der Waals surface area (Å²) in [5.41, 5.74) is 6.75. The first-order valence-electron chi connectivity index (χ1n) is 6.52. The third-order valence-electron chi connectivity index (χ3n) is 2.40. The van der Waals surface area contributed by atoms with Crippen LogP contribution in [0.5, 0.6) is 0 Å². The number of aliphatic carboxylic acids is 2. The molecule has 0 saturated carbocycles. The van der Waals surface area contributed by atoms with E-state index in [1.165, 1.54) is 0 Å². The predicted octanol–water partition coefficient (Wildman–Crippen LogP) is 1.92. The number of nitrogens with two attached hydrogens (primary N) is 1. The monoisotopic (exact) mass is 367 g/mol. The van der Waals surface area contributed by atoms with Crippen LogP contribution in [0.2, 0.25) is 0 Å². The third-order valence-corrected chi connectivity index (χ3v) is 3.40. The van der Waals surface area contributed by atoms with Crippen LogP contribution in [0, 0.1) is 0 Å². The number of alkyl halides is 3. The van der Waals surface area contributed by atoms with Crippen molar-refractivity contribution in [3.8, 4) is 0 Å². The van der Waals surface area contributed by atoms with E-state index in [1.807, 2.05) is 30.3 Å². The maximum Gasteiger partial charge on any atom is 0.490 e. The van der Waals surface area contributed by atoms with Gasteiger partial charge in [0.1, 0.15) is 0 Å². The normalized spacial score (nSPS) is 11.8. The molecule has 0 saturated heterocycles. The average molecular weight is 367 g/mol. The van der Waals surface area contributed by atoms with E-state index in [-0.39, 0.29) is 17.3 Å². The highest BCUT2D eigenvalue weighted by Crippen LogP contribution is 2.13. The summed E-state index contributed by atoms with van der Waals surface area (Å²) < 4.78 is 31.7.